The van der Waals surface area contributed by atoms with Crippen LogP contribution in [0.4, 0.5) is 0 Å². The molecule has 2 aromatic carbocycles. The quantitative estimate of drug-likeness (QED) is 0.927. The molecule has 0 saturated heterocycles. The average Bonchev–Trinajstić information content (AvgIpc) is 2.46. The molecule has 0 heterocycles. The Kier molecular flexibility index (Phi) is 4.62. The van der Waals surface area contributed by atoms with Gasteiger partial charge >= 0.3 is 0 Å². The Labute approximate surface area is 125 Å². The second-order valence-corrected chi connectivity index (χ2v) is 5.26. The Hall–Kier alpha value is -2.31. The largest absolute Gasteiger partial charge is 0.489 e. The smallest absolute Gasteiger partial charge is 0.125 e. The van der Waals surface area contributed by atoms with Gasteiger partial charge in [-0.1, -0.05) is 17.7 Å². The van der Waals surface area contributed by atoms with Crippen LogP contribution in [0.1, 0.15) is 40.8 Å². The number of aliphatic hydroxyl groups is 1. The van der Waals surface area contributed by atoms with Crippen molar-refractivity contribution in [2.45, 2.75) is 33.5 Å². The predicted molar refractivity (Wildman–Crippen MR) is 82.0 cm³/mol. The zero-order chi connectivity index (χ0) is 15.4. The van der Waals surface area contributed by atoms with E-state index in [9.17, 15) is 5.11 Å². The zero-order valence-electron chi connectivity index (χ0n) is 12.6. The second-order valence-electron chi connectivity index (χ2n) is 5.26. The minimum absolute atomic E-state index is 0.417. The van der Waals surface area contributed by atoms with Crippen molar-refractivity contribution in [2.75, 3.05) is 0 Å². The lowest BCUT2D eigenvalue weighted by Crippen LogP contribution is -2.03. The van der Waals surface area contributed by atoms with Crippen molar-refractivity contribution in [1.82, 2.24) is 0 Å². The first-order valence-corrected chi connectivity index (χ1v) is 6.92. The normalized spacial score (nSPS) is 11.8. The maximum Gasteiger partial charge on any atom is 0.125 e. The van der Waals surface area contributed by atoms with Crippen LogP contribution in [-0.4, -0.2) is 5.11 Å². The number of hydrogen-bond acceptors (Lipinski definition) is 3. The molecule has 2 aromatic rings. The molecule has 21 heavy (non-hydrogen) atoms. The highest BCUT2D eigenvalue weighted by atomic mass is 16.5. The summed E-state index contributed by atoms with van der Waals surface area (Å²) in [5.41, 5.74) is 4.59. The van der Waals surface area contributed by atoms with E-state index in [2.05, 4.69) is 6.07 Å². The van der Waals surface area contributed by atoms with Gasteiger partial charge in [-0.3, -0.25) is 0 Å². The lowest BCUT2D eigenvalue weighted by Gasteiger charge is -2.15. The van der Waals surface area contributed by atoms with E-state index in [0.717, 1.165) is 22.3 Å². The van der Waals surface area contributed by atoms with E-state index in [1.165, 1.54) is 0 Å². The second kappa shape index (κ2) is 6.43. The van der Waals surface area contributed by atoms with Crippen LogP contribution in [-0.2, 0) is 6.61 Å². The fourth-order valence-corrected chi connectivity index (χ4v) is 2.21. The number of ether oxygens (including phenoxy) is 1. The van der Waals surface area contributed by atoms with Gasteiger partial charge in [0.15, 0.2) is 0 Å². The van der Waals surface area contributed by atoms with E-state index < -0.39 is 6.10 Å². The highest BCUT2D eigenvalue weighted by Gasteiger charge is 2.10. The standard InChI is InChI=1S/C18H19NO2/c1-12-4-7-18(17(8-12)14(3)20)21-11-16-6-5-15(10-19)9-13(16)2/h4-9,14,20H,11H2,1-3H3/t14-/m0/s1. The summed E-state index contributed by atoms with van der Waals surface area (Å²) in [5, 5.41) is 18.7. The first-order chi connectivity index (χ1) is 10.0. The summed E-state index contributed by atoms with van der Waals surface area (Å²) in [6.45, 7) is 6.10. The summed E-state index contributed by atoms with van der Waals surface area (Å²) >= 11 is 0. The van der Waals surface area contributed by atoms with Crippen LogP contribution in [0.25, 0.3) is 0 Å². The van der Waals surface area contributed by atoms with Gasteiger partial charge in [-0.15, -0.1) is 0 Å². The molecule has 0 amide bonds. The predicted octanol–water partition coefficient (Wildman–Crippen LogP) is 3.81. The molecule has 3 nitrogen and oxygen atoms in total. The van der Waals surface area contributed by atoms with Crippen molar-refractivity contribution in [2.24, 2.45) is 0 Å². The number of nitrogens with zero attached hydrogens (tertiary/aromatic N) is 1. The highest BCUT2D eigenvalue weighted by molar-refractivity contribution is 5.40. The molecule has 0 aliphatic rings. The van der Waals surface area contributed by atoms with E-state index >= 15 is 0 Å². The number of rotatable bonds is 4. The summed E-state index contributed by atoms with van der Waals surface area (Å²) in [4.78, 5) is 0. The molecule has 1 atom stereocenters. The first kappa shape index (κ1) is 15.1. The van der Waals surface area contributed by atoms with E-state index in [-0.39, 0.29) is 0 Å². The third kappa shape index (κ3) is 3.62. The van der Waals surface area contributed by atoms with Crippen LogP contribution in [0.5, 0.6) is 5.75 Å². The van der Waals surface area contributed by atoms with Crippen LogP contribution in [0.3, 0.4) is 0 Å². The molecule has 0 spiro atoms. The Bertz CT molecular complexity index is 684. The van der Waals surface area contributed by atoms with E-state index in [1.54, 1.807) is 13.0 Å². The molecule has 2 rings (SSSR count). The minimum Gasteiger partial charge on any atom is -0.489 e. The molecule has 0 radical (unpaired) electrons. The van der Waals surface area contributed by atoms with Crippen LogP contribution >= 0.6 is 0 Å². The first-order valence-electron chi connectivity index (χ1n) is 6.92. The van der Waals surface area contributed by atoms with Gasteiger partial charge in [0.05, 0.1) is 17.7 Å². The Balaban J connectivity index is 2.19. The van der Waals surface area contributed by atoms with E-state index in [1.807, 2.05) is 44.2 Å². The summed E-state index contributed by atoms with van der Waals surface area (Å²) in [7, 11) is 0. The van der Waals surface area contributed by atoms with Gasteiger partial charge in [-0.05, 0) is 56.2 Å². The molecular formula is C18H19NO2. The number of aryl methyl sites for hydroxylation is 2. The molecule has 0 saturated carbocycles. The maximum absolute atomic E-state index is 9.83. The SMILES string of the molecule is Cc1ccc(OCc2ccc(C#N)cc2C)c([C@H](C)O)c1. The van der Waals surface area contributed by atoms with Gasteiger partial charge in [-0.25, -0.2) is 0 Å². The summed E-state index contributed by atoms with van der Waals surface area (Å²) in [6.07, 6.45) is -0.568. The third-order valence-electron chi connectivity index (χ3n) is 3.47. The molecule has 1 N–H and O–H groups in total. The summed E-state index contributed by atoms with van der Waals surface area (Å²) in [5.74, 6) is 0.694. The third-order valence-corrected chi connectivity index (χ3v) is 3.47. The monoisotopic (exact) mass is 281 g/mol. The Morgan fingerprint density at radius 3 is 2.57 bits per heavy atom. The van der Waals surface area contributed by atoms with Crippen molar-refractivity contribution in [1.29, 1.82) is 5.26 Å². The highest BCUT2D eigenvalue weighted by Crippen LogP contribution is 2.27. The number of nitriles is 1. The maximum atomic E-state index is 9.83. The Morgan fingerprint density at radius 2 is 1.95 bits per heavy atom. The molecule has 0 aliphatic heterocycles. The van der Waals surface area contributed by atoms with Crippen molar-refractivity contribution in [3.63, 3.8) is 0 Å². The lowest BCUT2D eigenvalue weighted by atomic mass is 10.1. The summed E-state index contributed by atoms with van der Waals surface area (Å²) in [6, 6.07) is 13.5. The van der Waals surface area contributed by atoms with Gasteiger partial charge in [0.1, 0.15) is 12.4 Å². The average molecular weight is 281 g/mol. The fourth-order valence-electron chi connectivity index (χ4n) is 2.21. The number of hydrogen-bond donors (Lipinski definition) is 1. The molecular weight excluding hydrogens is 262 g/mol. The van der Waals surface area contributed by atoms with Crippen molar-refractivity contribution in [3.8, 4) is 11.8 Å². The van der Waals surface area contributed by atoms with Crippen LogP contribution in [0.2, 0.25) is 0 Å². The molecule has 0 aliphatic carbocycles. The van der Waals surface area contributed by atoms with Gasteiger partial charge in [0, 0.05) is 5.56 Å². The van der Waals surface area contributed by atoms with Gasteiger partial charge in [-0.2, -0.15) is 5.26 Å². The van der Waals surface area contributed by atoms with Gasteiger partial charge < -0.3 is 9.84 Å². The summed E-state index contributed by atoms with van der Waals surface area (Å²) < 4.78 is 5.85. The zero-order valence-corrected chi connectivity index (χ0v) is 12.6. The van der Waals surface area contributed by atoms with Crippen LogP contribution < -0.4 is 4.74 Å². The molecule has 3 heteroatoms. The van der Waals surface area contributed by atoms with Crippen molar-refractivity contribution < 1.29 is 9.84 Å². The Morgan fingerprint density at radius 1 is 1.19 bits per heavy atom. The van der Waals surface area contributed by atoms with Crippen LogP contribution in [0, 0.1) is 25.2 Å². The number of benzene rings is 2. The van der Waals surface area contributed by atoms with Crippen LogP contribution in [0.15, 0.2) is 36.4 Å². The van der Waals surface area contributed by atoms with E-state index in [0.29, 0.717) is 17.9 Å². The van der Waals surface area contributed by atoms with Crippen molar-refractivity contribution >= 4 is 0 Å². The minimum atomic E-state index is -0.568. The molecule has 108 valence electrons. The lowest BCUT2D eigenvalue weighted by molar-refractivity contribution is 0.190. The fraction of sp³-hybridized carbons (Fsp3) is 0.278. The number of aliphatic hydroxyl groups excluding tert-OH is 1. The van der Waals surface area contributed by atoms with Gasteiger partial charge in [0.2, 0.25) is 0 Å². The topological polar surface area (TPSA) is 53.2 Å². The molecule has 0 bridgehead atoms. The molecule has 0 fully saturated rings. The van der Waals surface area contributed by atoms with E-state index in [4.69, 9.17) is 10.00 Å². The molecule has 0 aromatic heterocycles. The van der Waals surface area contributed by atoms with Crippen molar-refractivity contribution in [3.05, 3.63) is 64.2 Å². The molecule has 0 unspecified atom stereocenters. The van der Waals surface area contributed by atoms with Gasteiger partial charge in [0.25, 0.3) is 0 Å².